The van der Waals surface area contributed by atoms with Crippen LogP contribution in [0.2, 0.25) is 0 Å². The van der Waals surface area contributed by atoms with Crippen LogP contribution in [0.5, 0.6) is 0 Å². The van der Waals surface area contributed by atoms with E-state index in [4.69, 9.17) is 0 Å². The van der Waals surface area contributed by atoms with Crippen molar-refractivity contribution < 1.29 is 9.59 Å². The van der Waals surface area contributed by atoms with Crippen LogP contribution in [0, 0.1) is 0 Å². The van der Waals surface area contributed by atoms with Gasteiger partial charge in [-0.3, -0.25) is 24.9 Å². The predicted molar refractivity (Wildman–Crippen MR) is 50.6 cm³/mol. The van der Waals surface area contributed by atoms with E-state index in [2.05, 4.69) is 20.7 Å². The average molecular weight is 207 g/mol. The molecule has 1 fully saturated rings. The molecule has 0 atom stereocenters. The number of aromatic nitrogens is 2. The highest BCUT2D eigenvalue weighted by Crippen LogP contribution is 1.98. The molecular formula is C8H9N5O2. The highest BCUT2D eigenvalue weighted by molar-refractivity contribution is 6.45. The van der Waals surface area contributed by atoms with Crippen LogP contribution in [0.25, 0.3) is 0 Å². The van der Waals surface area contributed by atoms with Crippen molar-refractivity contribution in [2.75, 3.05) is 0 Å². The van der Waals surface area contributed by atoms with Gasteiger partial charge in [0.2, 0.25) is 5.96 Å². The molecule has 1 aromatic heterocycles. The number of amides is 2. The molecule has 78 valence electrons. The van der Waals surface area contributed by atoms with Crippen molar-refractivity contribution in [1.29, 1.82) is 0 Å². The monoisotopic (exact) mass is 207 g/mol. The molecule has 7 nitrogen and oxygen atoms in total. The summed E-state index contributed by atoms with van der Waals surface area (Å²) in [5.41, 5.74) is 0.887. The fraction of sp³-hybridized carbons (Fsp3) is 0.250. The van der Waals surface area contributed by atoms with Crippen LogP contribution in [-0.2, 0) is 23.2 Å². The van der Waals surface area contributed by atoms with Gasteiger partial charge in [-0.2, -0.15) is 5.10 Å². The maximum Gasteiger partial charge on any atom is 0.316 e. The van der Waals surface area contributed by atoms with Crippen molar-refractivity contribution >= 4 is 17.8 Å². The quantitative estimate of drug-likeness (QED) is 0.580. The van der Waals surface area contributed by atoms with E-state index in [-0.39, 0.29) is 5.96 Å². The highest BCUT2D eigenvalue weighted by Gasteiger charge is 2.24. The lowest BCUT2D eigenvalue weighted by Crippen LogP contribution is -2.25. The van der Waals surface area contributed by atoms with Gasteiger partial charge in [-0.1, -0.05) is 0 Å². The van der Waals surface area contributed by atoms with Gasteiger partial charge < -0.3 is 0 Å². The van der Waals surface area contributed by atoms with Gasteiger partial charge in [0.05, 0.1) is 12.2 Å². The second-order valence-corrected chi connectivity index (χ2v) is 3.02. The Morgan fingerprint density at radius 1 is 1.40 bits per heavy atom. The van der Waals surface area contributed by atoms with Crippen molar-refractivity contribution in [3.05, 3.63) is 18.0 Å². The first-order valence-electron chi connectivity index (χ1n) is 4.30. The largest absolute Gasteiger partial charge is 0.316 e. The lowest BCUT2D eigenvalue weighted by Gasteiger charge is -1.98. The number of aryl methyl sites for hydroxylation is 1. The zero-order valence-electron chi connectivity index (χ0n) is 8.02. The average Bonchev–Trinajstić information content (AvgIpc) is 2.72. The lowest BCUT2D eigenvalue weighted by molar-refractivity contribution is -0.135. The third-order valence-electron chi connectivity index (χ3n) is 1.99. The summed E-state index contributed by atoms with van der Waals surface area (Å²) >= 11 is 0. The Hall–Kier alpha value is -2.18. The number of nitrogens with zero attached hydrogens (tertiary/aromatic N) is 3. The topological polar surface area (TPSA) is 88.4 Å². The molecule has 2 rings (SSSR count). The first-order chi connectivity index (χ1) is 7.16. The van der Waals surface area contributed by atoms with Crippen LogP contribution < -0.4 is 10.6 Å². The molecule has 1 aliphatic rings. The minimum Gasteiger partial charge on any atom is -0.288 e. The predicted octanol–water partition coefficient (Wildman–Crippen LogP) is -1.48. The molecule has 1 aromatic rings. The third-order valence-corrected chi connectivity index (χ3v) is 1.99. The number of rotatable bonds is 2. The normalized spacial score (nSPS) is 15.1. The molecular weight excluding hydrogens is 198 g/mol. The SMILES string of the molecule is Cn1nccc1CN=C1NC(=O)C(=O)N1. The lowest BCUT2D eigenvalue weighted by atomic mass is 10.4. The van der Waals surface area contributed by atoms with Gasteiger partial charge in [-0.25, -0.2) is 4.99 Å². The second-order valence-electron chi connectivity index (χ2n) is 3.02. The number of carbonyl (C=O) groups excluding carboxylic acids is 2. The van der Waals surface area contributed by atoms with Crippen LogP contribution in [-0.4, -0.2) is 27.6 Å². The molecule has 2 amide bonds. The Bertz CT molecular complexity index is 430. The Morgan fingerprint density at radius 3 is 2.60 bits per heavy atom. The van der Waals surface area contributed by atoms with Crippen molar-refractivity contribution in [2.45, 2.75) is 6.54 Å². The second kappa shape index (κ2) is 3.52. The molecule has 0 saturated carbocycles. The number of nitrogens with one attached hydrogen (secondary N) is 2. The van der Waals surface area contributed by atoms with E-state index in [1.54, 1.807) is 17.9 Å². The van der Waals surface area contributed by atoms with Gasteiger partial charge in [0.15, 0.2) is 0 Å². The number of guanidine groups is 1. The van der Waals surface area contributed by atoms with Gasteiger partial charge in [-0.15, -0.1) is 0 Å². The number of carbonyl (C=O) groups is 2. The molecule has 0 unspecified atom stereocenters. The van der Waals surface area contributed by atoms with E-state index in [1.165, 1.54) is 0 Å². The molecule has 1 aliphatic heterocycles. The zero-order chi connectivity index (χ0) is 10.8. The summed E-state index contributed by atoms with van der Waals surface area (Å²) < 4.78 is 1.67. The van der Waals surface area contributed by atoms with Crippen LogP contribution in [0.3, 0.4) is 0 Å². The molecule has 0 spiro atoms. The molecule has 1 saturated heterocycles. The smallest absolute Gasteiger partial charge is 0.288 e. The van der Waals surface area contributed by atoms with Crippen molar-refractivity contribution in [2.24, 2.45) is 12.0 Å². The maximum atomic E-state index is 10.8. The first-order valence-corrected chi connectivity index (χ1v) is 4.30. The molecule has 15 heavy (non-hydrogen) atoms. The Labute approximate surface area is 85.2 Å². The fourth-order valence-electron chi connectivity index (χ4n) is 1.16. The molecule has 2 heterocycles. The molecule has 7 heteroatoms. The standard InChI is InChI=1S/C8H9N5O2/c1-13-5(2-3-10-13)4-9-8-11-6(14)7(15)12-8/h2-3H,4H2,1H3,(H2,9,11,12,14,15). The Kier molecular flexibility index (Phi) is 2.20. The van der Waals surface area contributed by atoms with E-state index < -0.39 is 11.8 Å². The number of hydrogen-bond donors (Lipinski definition) is 2. The van der Waals surface area contributed by atoms with E-state index >= 15 is 0 Å². The van der Waals surface area contributed by atoms with Gasteiger partial charge in [0.25, 0.3) is 0 Å². The van der Waals surface area contributed by atoms with Crippen molar-refractivity contribution in [3.8, 4) is 0 Å². The van der Waals surface area contributed by atoms with E-state index in [1.807, 2.05) is 6.07 Å². The first kappa shape index (κ1) is 9.38. The van der Waals surface area contributed by atoms with Crippen molar-refractivity contribution in [1.82, 2.24) is 20.4 Å². The summed E-state index contributed by atoms with van der Waals surface area (Å²) in [6.07, 6.45) is 1.65. The Morgan fingerprint density at radius 2 is 2.07 bits per heavy atom. The summed E-state index contributed by atoms with van der Waals surface area (Å²) in [5, 5.41) is 8.58. The van der Waals surface area contributed by atoms with Crippen LogP contribution in [0.1, 0.15) is 5.69 Å². The van der Waals surface area contributed by atoms with Crippen LogP contribution >= 0.6 is 0 Å². The number of hydrogen-bond acceptors (Lipinski definition) is 4. The summed E-state index contributed by atoms with van der Waals surface area (Å²) in [7, 11) is 1.79. The van der Waals surface area contributed by atoms with Gasteiger partial charge in [0.1, 0.15) is 0 Å². The van der Waals surface area contributed by atoms with Gasteiger partial charge in [0, 0.05) is 13.2 Å². The minimum absolute atomic E-state index is 0.186. The summed E-state index contributed by atoms with van der Waals surface area (Å²) in [6, 6.07) is 1.81. The van der Waals surface area contributed by atoms with Crippen LogP contribution in [0.15, 0.2) is 17.3 Å². The molecule has 0 bridgehead atoms. The molecule has 2 N–H and O–H groups in total. The van der Waals surface area contributed by atoms with Crippen LogP contribution in [0.4, 0.5) is 0 Å². The summed E-state index contributed by atoms with van der Waals surface area (Å²) in [4.78, 5) is 25.6. The van der Waals surface area contributed by atoms with E-state index in [9.17, 15) is 9.59 Å². The zero-order valence-corrected chi connectivity index (χ0v) is 8.02. The van der Waals surface area contributed by atoms with E-state index in [0.717, 1.165) is 5.69 Å². The molecule has 0 aromatic carbocycles. The van der Waals surface area contributed by atoms with Gasteiger partial charge in [-0.05, 0) is 6.07 Å². The molecule has 0 radical (unpaired) electrons. The molecule has 0 aliphatic carbocycles. The highest BCUT2D eigenvalue weighted by atomic mass is 16.2. The van der Waals surface area contributed by atoms with Gasteiger partial charge >= 0.3 is 11.8 Å². The fourth-order valence-corrected chi connectivity index (χ4v) is 1.16. The van der Waals surface area contributed by atoms with E-state index in [0.29, 0.717) is 6.54 Å². The minimum atomic E-state index is -0.682. The van der Waals surface area contributed by atoms with Crippen molar-refractivity contribution in [3.63, 3.8) is 0 Å². The maximum absolute atomic E-state index is 10.8. The third kappa shape index (κ3) is 1.85. The number of aliphatic imine (C=N–C) groups is 1. The Balaban J connectivity index is 2.04. The summed E-state index contributed by atoms with van der Waals surface area (Å²) in [5.74, 6) is -1.18. The summed E-state index contributed by atoms with van der Waals surface area (Å²) in [6.45, 7) is 0.354.